The van der Waals surface area contributed by atoms with Gasteiger partial charge in [0.1, 0.15) is 0 Å². The third-order valence-electron chi connectivity index (χ3n) is 16.3. The zero-order chi connectivity index (χ0) is 55.0. The van der Waals surface area contributed by atoms with Crippen molar-refractivity contribution in [2.24, 2.45) is 0 Å². The van der Waals surface area contributed by atoms with Gasteiger partial charge in [-0.2, -0.15) is 0 Å². The predicted molar refractivity (Wildman–Crippen MR) is 333 cm³/mol. The van der Waals surface area contributed by atoms with E-state index in [0.717, 1.165) is 51.4 Å². The first kappa shape index (κ1) is 74.3. The van der Waals surface area contributed by atoms with Crippen molar-refractivity contribution in [2.75, 3.05) is 13.2 Å². The largest absolute Gasteiger partial charge is 0.465 e. The Morgan fingerprint density at radius 1 is 0.368 bits per heavy atom. The van der Waals surface area contributed by atoms with Crippen LogP contribution in [0.4, 0.5) is 0 Å². The van der Waals surface area contributed by atoms with Gasteiger partial charge >= 0.3 is 5.97 Å². The maximum Gasteiger partial charge on any atom is 0.305 e. The summed E-state index contributed by atoms with van der Waals surface area (Å²) in [5.74, 6) is -0.0658. The molecule has 2 unspecified atom stereocenters. The van der Waals surface area contributed by atoms with E-state index in [1.807, 2.05) is 0 Å². The van der Waals surface area contributed by atoms with E-state index in [4.69, 9.17) is 4.74 Å². The average Bonchev–Trinajstić information content (AvgIpc) is 3.42. The van der Waals surface area contributed by atoms with Crippen LogP contribution in [0.25, 0.3) is 0 Å². The molecule has 0 aliphatic carbocycles. The highest BCUT2D eigenvalue weighted by Gasteiger charge is 2.20. The first-order chi connectivity index (χ1) is 37.5. The highest BCUT2D eigenvalue weighted by atomic mass is 16.5. The molecule has 0 aromatic carbocycles. The topological polar surface area (TPSA) is 95.9 Å². The molecule has 2 atom stereocenters. The molecule has 0 aromatic heterocycles. The molecule has 3 N–H and O–H groups in total. The fraction of sp³-hybridized carbons (Fsp3) is 0.914. The van der Waals surface area contributed by atoms with Gasteiger partial charge in [0.05, 0.1) is 25.4 Å². The van der Waals surface area contributed by atoms with Gasteiger partial charge in [-0.15, -0.1) is 0 Å². The minimum Gasteiger partial charge on any atom is -0.465 e. The number of esters is 1. The Kier molecular flexibility index (Phi) is 64.4. The van der Waals surface area contributed by atoms with E-state index in [1.165, 1.54) is 302 Å². The standard InChI is InChI=1S/C70H135NO5/c1-3-5-7-9-11-13-15-17-19-21-22-24-27-31-34-38-42-46-50-54-58-62-68(73)67(66-72)71-69(74)63-59-55-51-47-43-39-35-32-28-25-23-26-29-33-37-41-45-49-53-57-61-65-76-70(75)64-60-56-52-48-44-40-36-30-20-18-16-14-12-10-8-6-4-2/h41,45,53,57,67-68,72-73H,3-40,42-44,46-52,54-56,58-66H2,1-2H3,(H,71,74)/b45-41-,57-53-. The van der Waals surface area contributed by atoms with Crippen LogP contribution in [-0.2, 0) is 14.3 Å². The van der Waals surface area contributed by atoms with Gasteiger partial charge in [0.2, 0.25) is 5.91 Å². The normalized spacial score (nSPS) is 12.6. The van der Waals surface area contributed by atoms with Crippen LogP contribution in [0.15, 0.2) is 24.3 Å². The molecule has 6 nitrogen and oxygen atoms in total. The minimum absolute atomic E-state index is 0.0303. The second-order valence-electron chi connectivity index (χ2n) is 23.9. The van der Waals surface area contributed by atoms with Crippen molar-refractivity contribution in [3.8, 4) is 0 Å². The van der Waals surface area contributed by atoms with E-state index in [2.05, 4.69) is 43.5 Å². The highest BCUT2D eigenvalue weighted by Crippen LogP contribution is 2.19. The number of allylic oxidation sites excluding steroid dienone is 3. The average molecular weight is 1070 g/mol. The van der Waals surface area contributed by atoms with Crippen molar-refractivity contribution in [3.63, 3.8) is 0 Å². The van der Waals surface area contributed by atoms with Crippen LogP contribution in [0.1, 0.15) is 386 Å². The Morgan fingerprint density at radius 3 is 1.00 bits per heavy atom. The number of hydrogen-bond donors (Lipinski definition) is 3. The number of hydrogen-bond acceptors (Lipinski definition) is 5. The van der Waals surface area contributed by atoms with Gasteiger partial charge in [-0.05, 0) is 44.9 Å². The van der Waals surface area contributed by atoms with Gasteiger partial charge in [-0.3, -0.25) is 9.59 Å². The number of aliphatic hydroxyl groups is 2. The maximum atomic E-state index is 12.5. The lowest BCUT2D eigenvalue weighted by Gasteiger charge is -2.22. The Labute approximate surface area is 475 Å². The number of ether oxygens (including phenoxy) is 1. The fourth-order valence-electron chi connectivity index (χ4n) is 11.0. The molecule has 1 amide bonds. The number of aliphatic hydroxyl groups excluding tert-OH is 2. The first-order valence-corrected chi connectivity index (χ1v) is 34.6. The summed E-state index contributed by atoms with van der Waals surface area (Å²) in [5, 5.41) is 23.4. The van der Waals surface area contributed by atoms with E-state index in [0.29, 0.717) is 25.9 Å². The van der Waals surface area contributed by atoms with Crippen molar-refractivity contribution < 1.29 is 24.5 Å². The lowest BCUT2D eigenvalue weighted by molar-refractivity contribution is -0.143. The van der Waals surface area contributed by atoms with Crippen LogP contribution in [-0.4, -0.2) is 47.4 Å². The van der Waals surface area contributed by atoms with Gasteiger partial charge < -0.3 is 20.3 Å². The quantitative estimate of drug-likeness (QED) is 0.0320. The Bertz CT molecular complexity index is 1190. The number of carbonyl (C=O) groups excluding carboxylic acids is 2. The van der Waals surface area contributed by atoms with E-state index in [-0.39, 0.29) is 18.5 Å². The molecular weight excluding hydrogens is 935 g/mol. The van der Waals surface area contributed by atoms with Crippen LogP contribution in [0.2, 0.25) is 0 Å². The molecule has 0 heterocycles. The number of amides is 1. The first-order valence-electron chi connectivity index (χ1n) is 34.6. The van der Waals surface area contributed by atoms with Crippen LogP contribution >= 0.6 is 0 Å². The summed E-state index contributed by atoms with van der Waals surface area (Å²) in [5.41, 5.74) is 0. The van der Waals surface area contributed by atoms with E-state index in [9.17, 15) is 19.8 Å². The van der Waals surface area contributed by atoms with Crippen LogP contribution in [0.3, 0.4) is 0 Å². The van der Waals surface area contributed by atoms with Gasteiger partial charge in [0.15, 0.2) is 0 Å². The molecule has 450 valence electrons. The molecule has 0 radical (unpaired) electrons. The van der Waals surface area contributed by atoms with Crippen molar-refractivity contribution >= 4 is 11.9 Å². The van der Waals surface area contributed by atoms with Crippen molar-refractivity contribution in [3.05, 3.63) is 24.3 Å². The highest BCUT2D eigenvalue weighted by molar-refractivity contribution is 5.76. The number of carbonyl (C=O) groups is 2. The minimum atomic E-state index is -0.669. The molecule has 0 rings (SSSR count). The molecule has 0 aliphatic heterocycles. The van der Waals surface area contributed by atoms with Crippen molar-refractivity contribution in [2.45, 2.75) is 398 Å². The van der Waals surface area contributed by atoms with Gasteiger partial charge in [-0.25, -0.2) is 0 Å². The van der Waals surface area contributed by atoms with Crippen LogP contribution in [0.5, 0.6) is 0 Å². The summed E-state index contributed by atoms with van der Waals surface area (Å²) in [6, 6.07) is -0.546. The third-order valence-corrected chi connectivity index (χ3v) is 16.3. The summed E-state index contributed by atoms with van der Waals surface area (Å²) in [6.45, 7) is 4.89. The number of unbranched alkanes of at least 4 members (excludes halogenated alkanes) is 50. The SMILES string of the molecule is CCCCCCCCCCCCCCCCCCCCCCCC(O)C(CO)NC(=O)CCCCCCCCCCCCCCCC/C=C\C/C=C\CCOC(=O)CCCCCCCCCCCCCCCCCCC. The third kappa shape index (κ3) is 61.6. The molecule has 0 saturated heterocycles. The molecule has 0 aromatic rings. The summed E-state index contributed by atoms with van der Waals surface area (Å²) >= 11 is 0. The number of nitrogens with one attached hydrogen (secondary N) is 1. The predicted octanol–water partition coefficient (Wildman–Crippen LogP) is 22.1. The maximum absolute atomic E-state index is 12.5. The lowest BCUT2D eigenvalue weighted by Crippen LogP contribution is -2.45. The van der Waals surface area contributed by atoms with Crippen LogP contribution < -0.4 is 5.32 Å². The summed E-state index contributed by atoms with van der Waals surface area (Å²) < 4.78 is 5.44. The summed E-state index contributed by atoms with van der Waals surface area (Å²) in [4.78, 5) is 24.6. The number of rotatable bonds is 65. The molecule has 0 bridgehead atoms. The molecule has 0 spiro atoms. The van der Waals surface area contributed by atoms with Gasteiger partial charge in [0, 0.05) is 12.8 Å². The van der Waals surface area contributed by atoms with Gasteiger partial charge in [-0.1, -0.05) is 353 Å². The van der Waals surface area contributed by atoms with Gasteiger partial charge in [0.25, 0.3) is 0 Å². The van der Waals surface area contributed by atoms with E-state index < -0.39 is 12.1 Å². The van der Waals surface area contributed by atoms with Crippen molar-refractivity contribution in [1.82, 2.24) is 5.32 Å². The Balaban J connectivity index is 3.43. The van der Waals surface area contributed by atoms with Crippen molar-refractivity contribution in [1.29, 1.82) is 0 Å². The molecule has 76 heavy (non-hydrogen) atoms. The molecular formula is C70H135NO5. The Morgan fingerprint density at radius 2 is 0.658 bits per heavy atom. The Hall–Kier alpha value is -1.66. The smallest absolute Gasteiger partial charge is 0.305 e. The second-order valence-corrected chi connectivity index (χ2v) is 23.9. The molecule has 0 saturated carbocycles. The monoisotopic (exact) mass is 1070 g/mol. The van der Waals surface area contributed by atoms with Crippen LogP contribution in [0, 0.1) is 0 Å². The van der Waals surface area contributed by atoms with E-state index in [1.54, 1.807) is 0 Å². The molecule has 6 heteroatoms. The summed E-state index contributed by atoms with van der Waals surface area (Å²) in [6.07, 6.45) is 82.3. The fourth-order valence-corrected chi connectivity index (χ4v) is 11.0. The lowest BCUT2D eigenvalue weighted by atomic mass is 10.0. The van der Waals surface area contributed by atoms with E-state index >= 15 is 0 Å². The molecule has 0 fully saturated rings. The second kappa shape index (κ2) is 65.9. The molecule has 0 aliphatic rings. The zero-order valence-corrected chi connectivity index (χ0v) is 51.5. The summed E-state index contributed by atoms with van der Waals surface area (Å²) in [7, 11) is 0. The zero-order valence-electron chi connectivity index (χ0n) is 51.5.